The van der Waals surface area contributed by atoms with Crippen molar-refractivity contribution in [1.82, 2.24) is 9.80 Å². The highest BCUT2D eigenvalue weighted by atomic mass is 16.3. The van der Waals surface area contributed by atoms with Crippen LogP contribution >= 0.6 is 0 Å². The molecule has 1 saturated heterocycles. The lowest BCUT2D eigenvalue weighted by atomic mass is 10.0. The highest BCUT2D eigenvalue weighted by Crippen LogP contribution is 2.10. The van der Waals surface area contributed by atoms with Crippen molar-refractivity contribution in [3.05, 3.63) is 0 Å². The van der Waals surface area contributed by atoms with Gasteiger partial charge >= 0.3 is 0 Å². The van der Waals surface area contributed by atoms with Crippen LogP contribution in [0.25, 0.3) is 0 Å². The molecule has 0 aromatic heterocycles. The van der Waals surface area contributed by atoms with Gasteiger partial charge in [-0.25, -0.2) is 0 Å². The largest absolute Gasteiger partial charge is 0.394 e. The number of carbonyl (C=O) groups excluding carboxylic acids is 1. The first-order chi connectivity index (χ1) is 7.38. The van der Waals surface area contributed by atoms with Crippen LogP contribution in [0.3, 0.4) is 0 Å². The molecule has 0 aromatic rings. The highest BCUT2D eigenvalue weighted by Gasteiger charge is 2.33. The third-order valence-corrected chi connectivity index (χ3v) is 3.15. The predicted octanol–water partition coefficient (Wildman–Crippen LogP) is -0.751. The average Bonchev–Trinajstić information content (AvgIpc) is 2.28. The summed E-state index contributed by atoms with van der Waals surface area (Å²) in [6.45, 7) is 8.72. The number of rotatable bonds is 3. The van der Waals surface area contributed by atoms with Crippen LogP contribution in [0.2, 0.25) is 0 Å². The summed E-state index contributed by atoms with van der Waals surface area (Å²) in [6.07, 6.45) is 0. The number of piperazine rings is 1. The lowest BCUT2D eigenvalue weighted by Gasteiger charge is -2.39. The Morgan fingerprint density at radius 1 is 1.38 bits per heavy atom. The second kappa shape index (κ2) is 5.12. The number of carbonyl (C=O) groups is 1. The van der Waals surface area contributed by atoms with E-state index < -0.39 is 5.54 Å². The van der Waals surface area contributed by atoms with Crippen LogP contribution in [0, 0.1) is 0 Å². The first-order valence-corrected chi connectivity index (χ1v) is 5.81. The van der Waals surface area contributed by atoms with E-state index in [-0.39, 0.29) is 12.5 Å². The Morgan fingerprint density at radius 3 is 2.25 bits per heavy atom. The topological polar surface area (TPSA) is 69.8 Å². The Kier molecular flexibility index (Phi) is 4.29. The van der Waals surface area contributed by atoms with Crippen molar-refractivity contribution in [2.45, 2.75) is 32.4 Å². The summed E-state index contributed by atoms with van der Waals surface area (Å²) in [5, 5.41) is 9.05. The fraction of sp³-hybridized carbons (Fsp3) is 0.909. The smallest absolute Gasteiger partial charge is 0.244 e. The van der Waals surface area contributed by atoms with Gasteiger partial charge < -0.3 is 15.7 Å². The van der Waals surface area contributed by atoms with Crippen molar-refractivity contribution in [2.24, 2.45) is 5.73 Å². The molecule has 1 aliphatic rings. The first-order valence-electron chi connectivity index (χ1n) is 5.81. The van der Waals surface area contributed by atoms with Gasteiger partial charge in [0.05, 0.1) is 6.61 Å². The summed E-state index contributed by atoms with van der Waals surface area (Å²) in [4.78, 5) is 16.0. The summed E-state index contributed by atoms with van der Waals surface area (Å²) < 4.78 is 0. The summed E-state index contributed by atoms with van der Waals surface area (Å²) in [5.74, 6) is -0.154. The van der Waals surface area contributed by atoms with E-state index in [9.17, 15) is 4.79 Å². The molecule has 1 aliphatic heterocycles. The van der Waals surface area contributed by atoms with Gasteiger partial charge in [0.1, 0.15) is 5.54 Å². The van der Waals surface area contributed by atoms with Crippen molar-refractivity contribution < 1.29 is 9.90 Å². The SMILES string of the molecule is CC(C)N1CCN(C(=O)C(C)(N)CO)CC1. The van der Waals surface area contributed by atoms with E-state index in [4.69, 9.17) is 10.8 Å². The van der Waals surface area contributed by atoms with Gasteiger partial charge in [-0.05, 0) is 20.8 Å². The quantitative estimate of drug-likeness (QED) is 0.668. The highest BCUT2D eigenvalue weighted by molar-refractivity contribution is 5.85. The Labute approximate surface area is 97.2 Å². The van der Waals surface area contributed by atoms with Gasteiger partial charge in [-0.15, -0.1) is 0 Å². The van der Waals surface area contributed by atoms with Gasteiger partial charge in [0.2, 0.25) is 5.91 Å². The molecule has 0 aromatic carbocycles. The normalized spacial score (nSPS) is 22.2. The fourth-order valence-electron chi connectivity index (χ4n) is 1.87. The molecule has 3 N–H and O–H groups in total. The summed E-state index contributed by atoms with van der Waals surface area (Å²) >= 11 is 0. The molecule has 0 aliphatic carbocycles. The van der Waals surface area contributed by atoms with Crippen molar-refractivity contribution in [1.29, 1.82) is 0 Å². The zero-order valence-corrected chi connectivity index (χ0v) is 10.4. The summed E-state index contributed by atoms with van der Waals surface area (Å²) in [5.41, 5.74) is 4.59. The molecule has 1 fully saturated rings. The molecule has 0 spiro atoms. The van der Waals surface area contributed by atoms with Gasteiger partial charge in [0.15, 0.2) is 0 Å². The third kappa shape index (κ3) is 2.93. The molecule has 5 heteroatoms. The molecule has 94 valence electrons. The second-order valence-corrected chi connectivity index (χ2v) is 5.00. The monoisotopic (exact) mass is 229 g/mol. The van der Waals surface area contributed by atoms with E-state index in [0.29, 0.717) is 19.1 Å². The molecule has 1 rings (SSSR count). The van der Waals surface area contributed by atoms with Gasteiger partial charge in [-0.1, -0.05) is 0 Å². The Hall–Kier alpha value is -0.650. The molecule has 1 amide bonds. The molecular weight excluding hydrogens is 206 g/mol. The molecule has 1 unspecified atom stereocenters. The van der Waals surface area contributed by atoms with Gasteiger partial charge in [-0.3, -0.25) is 9.69 Å². The lowest BCUT2D eigenvalue weighted by Crippen LogP contribution is -2.60. The average molecular weight is 229 g/mol. The van der Waals surface area contributed by atoms with Crippen LogP contribution in [0.15, 0.2) is 0 Å². The zero-order chi connectivity index (χ0) is 12.3. The van der Waals surface area contributed by atoms with Gasteiger partial charge in [0, 0.05) is 32.2 Å². The molecule has 0 radical (unpaired) electrons. The maximum Gasteiger partial charge on any atom is 0.244 e. The van der Waals surface area contributed by atoms with E-state index in [1.807, 2.05) is 0 Å². The van der Waals surface area contributed by atoms with Crippen LogP contribution < -0.4 is 5.73 Å². The van der Waals surface area contributed by atoms with Crippen molar-refractivity contribution in [2.75, 3.05) is 32.8 Å². The minimum Gasteiger partial charge on any atom is -0.394 e. The number of nitrogens with two attached hydrogens (primary N) is 1. The molecule has 16 heavy (non-hydrogen) atoms. The fourth-order valence-corrected chi connectivity index (χ4v) is 1.87. The number of nitrogens with zero attached hydrogens (tertiary/aromatic N) is 2. The predicted molar refractivity (Wildman–Crippen MR) is 63.0 cm³/mol. The van der Waals surface area contributed by atoms with Crippen molar-refractivity contribution in [3.8, 4) is 0 Å². The van der Waals surface area contributed by atoms with Crippen LogP contribution in [-0.2, 0) is 4.79 Å². The van der Waals surface area contributed by atoms with E-state index >= 15 is 0 Å². The Balaban J connectivity index is 2.51. The number of hydrogen-bond acceptors (Lipinski definition) is 4. The molecule has 1 atom stereocenters. The maximum absolute atomic E-state index is 11.9. The third-order valence-electron chi connectivity index (χ3n) is 3.15. The number of aliphatic hydroxyl groups is 1. The van der Waals surface area contributed by atoms with E-state index in [2.05, 4.69) is 18.7 Å². The second-order valence-electron chi connectivity index (χ2n) is 5.00. The summed E-state index contributed by atoms with van der Waals surface area (Å²) in [7, 11) is 0. The lowest BCUT2D eigenvalue weighted by molar-refractivity contribution is -0.139. The van der Waals surface area contributed by atoms with Crippen LogP contribution in [0.1, 0.15) is 20.8 Å². The van der Waals surface area contributed by atoms with Crippen LogP contribution in [-0.4, -0.2) is 65.2 Å². The number of amides is 1. The van der Waals surface area contributed by atoms with Crippen molar-refractivity contribution in [3.63, 3.8) is 0 Å². The van der Waals surface area contributed by atoms with Gasteiger partial charge in [-0.2, -0.15) is 0 Å². The Bertz CT molecular complexity index is 246. The Morgan fingerprint density at radius 2 is 1.88 bits per heavy atom. The van der Waals surface area contributed by atoms with E-state index in [1.165, 1.54) is 0 Å². The van der Waals surface area contributed by atoms with Gasteiger partial charge in [0.25, 0.3) is 0 Å². The first kappa shape index (κ1) is 13.4. The zero-order valence-electron chi connectivity index (χ0n) is 10.4. The standard InChI is InChI=1S/C11H23N3O2/c1-9(2)13-4-6-14(7-5-13)10(16)11(3,12)8-15/h9,15H,4-8,12H2,1-3H3. The summed E-state index contributed by atoms with van der Waals surface area (Å²) in [6, 6.07) is 0.513. The van der Waals surface area contributed by atoms with E-state index in [1.54, 1.807) is 11.8 Å². The van der Waals surface area contributed by atoms with Crippen LogP contribution in [0.4, 0.5) is 0 Å². The molecular formula is C11H23N3O2. The van der Waals surface area contributed by atoms with Crippen molar-refractivity contribution >= 4 is 5.91 Å². The number of aliphatic hydroxyl groups excluding tert-OH is 1. The maximum atomic E-state index is 11.9. The molecule has 1 heterocycles. The van der Waals surface area contributed by atoms with E-state index in [0.717, 1.165) is 13.1 Å². The molecule has 0 saturated carbocycles. The molecule has 5 nitrogen and oxygen atoms in total. The van der Waals surface area contributed by atoms with Crippen LogP contribution in [0.5, 0.6) is 0 Å². The number of hydrogen-bond donors (Lipinski definition) is 2. The minimum atomic E-state index is -1.14. The molecule has 0 bridgehead atoms. The minimum absolute atomic E-state index is 0.154.